The fourth-order valence-corrected chi connectivity index (χ4v) is 4.97. The monoisotopic (exact) mass is 497 g/mol. The van der Waals surface area contributed by atoms with Gasteiger partial charge < -0.3 is 15.8 Å². The molecule has 5 rings (SSSR count). The lowest BCUT2D eigenvalue weighted by Gasteiger charge is -2.32. The van der Waals surface area contributed by atoms with Crippen molar-refractivity contribution in [1.29, 1.82) is 5.41 Å². The van der Waals surface area contributed by atoms with Crippen molar-refractivity contribution in [2.24, 2.45) is 5.73 Å². The summed E-state index contributed by atoms with van der Waals surface area (Å²) in [4.78, 5) is 13.1. The molecule has 0 unspecified atom stereocenters. The maximum absolute atomic E-state index is 14.5. The zero-order chi connectivity index (χ0) is 26.3. The van der Waals surface area contributed by atoms with Gasteiger partial charge in [0.05, 0.1) is 0 Å². The topological polar surface area (TPSA) is 88.2 Å². The molecular formula is C30H25F2N3O2. The number of nitrogen functional groups attached to an aromatic ring is 1. The van der Waals surface area contributed by atoms with Gasteiger partial charge in [0.15, 0.2) is 0 Å². The standard InChI is InChI=1S/C30H25F2N3O2/c1-16-25-13-17(22-11-8-20(31)15-27(22)32)6-9-23(25)28(37-2)24-10-7-19(14-26(16)24)30(36)35-21-5-3-4-18(12-21)29(33)34/h3-16,28H,1-2H3,(H3,33,34)(H,35,36)/t16-,28+/m1/s1. The summed E-state index contributed by atoms with van der Waals surface area (Å²) in [7, 11) is 1.63. The van der Waals surface area contributed by atoms with Gasteiger partial charge >= 0.3 is 0 Å². The van der Waals surface area contributed by atoms with E-state index in [-0.39, 0.29) is 23.8 Å². The second-order valence-corrected chi connectivity index (χ2v) is 9.10. The molecule has 0 fully saturated rings. The molecule has 1 aliphatic carbocycles. The summed E-state index contributed by atoms with van der Waals surface area (Å²) in [5.74, 6) is -1.73. The van der Waals surface area contributed by atoms with Gasteiger partial charge in [0, 0.05) is 41.5 Å². The quantitative estimate of drug-likeness (QED) is 0.221. The van der Waals surface area contributed by atoms with Crippen molar-refractivity contribution in [3.63, 3.8) is 0 Å². The molecule has 0 spiro atoms. The van der Waals surface area contributed by atoms with Crippen LogP contribution in [-0.2, 0) is 4.74 Å². The van der Waals surface area contributed by atoms with E-state index >= 15 is 0 Å². The zero-order valence-corrected chi connectivity index (χ0v) is 20.3. The Kier molecular flexibility index (Phi) is 6.31. The van der Waals surface area contributed by atoms with Crippen molar-refractivity contribution >= 4 is 17.4 Å². The van der Waals surface area contributed by atoms with Crippen LogP contribution in [0.1, 0.15) is 57.1 Å². The Labute approximate surface area is 213 Å². The maximum atomic E-state index is 14.5. The highest BCUT2D eigenvalue weighted by molar-refractivity contribution is 6.05. The molecule has 1 aliphatic rings. The number of nitrogens with one attached hydrogen (secondary N) is 2. The summed E-state index contributed by atoms with van der Waals surface area (Å²) in [6, 6.07) is 21.5. The molecule has 4 aromatic carbocycles. The molecule has 37 heavy (non-hydrogen) atoms. The second kappa shape index (κ2) is 9.59. The van der Waals surface area contributed by atoms with Crippen LogP contribution in [-0.4, -0.2) is 18.9 Å². The molecule has 4 N–H and O–H groups in total. The average molecular weight is 498 g/mol. The fraction of sp³-hybridized carbons (Fsp3) is 0.133. The van der Waals surface area contributed by atoms with Gasteiger partial charge in [-0.15, -0.1) is 0 Å². The predicted molar refractivity (Wildman–Crippen MR) is 140 cm³/mol. The van der Waals surface area contributed by atoms with Crippen LogP contribution >= 0.6 is 0 Å². The number of fused-ring (bicyclic) bond motifs is 2. The minimum Gasteiger partial charge on any atom is -0.384 e. The van der Waals surface area contributed by atoms with Crippen molar-refractivity contribution < 1.29 is 18.3 Å². The lowest BCUT2D eigenvalue weighted by atomic mass is 9.76. The first-order valence-electron chi connectivity index (χ1n) is 11.8. The maximum Gasteiger partial charge on any atom is 0.255 e. The summed E-state index contributed by atoms with van der Waals surface area (Å²) in [6.45, 7) is 2.03. The molecule has 5 nitrogen and oxygen atoms in total. The van der Waals surface area contributed by atoms with Crippen LogP contribution in [0.4, 0.5) is 14.5 Å². The van der Waals surface area contributed by atoms with E-state index in [2.05, 4.69) is 5.32 Å². The number of carbonyl (C=O) groups is 1. The van der Waals surface area contributed by atoms with E-state index in [4.69, 9.17) is 15.9 Å². The van der Waals surface area contributed by atoms with Crippen LogP contribution < -0.4 is 11.1 Å². The number of hydrogen-bond donors (Lipinski definition) is 3. The van der Waals surface area contributed by atoms with E-state index in [9.17, 15) is 13.6 Å². The number of nitrogens with two attached hydrogens (primary N) is 1. The Morgan fingerprint density at radius 3 is 2.32 bits per heavy atom. The lowest BCUT2D eigenvalue weighted by molar-refractivity contribution is 0.102. The number of hydrogen-bond acceptors (Lipinski definition) is 3. The number of benzene rings is 4. The van der Waals surface area contributed by atoms with E-state index in [1.54, 1.807) is 37.4 Å². The van der Waals surface area contributed by atoms with Crippen LogP contribution in [0.15, 0.2) is 78.9 Å². The number of amidine groups is 1. The largest absolute Gasteiger partial charge is 0.384 e. The third-order valence-corrected chi connectivity index (χ3v) is 6.84. The Morgan fingerprint density at radius 2 is 1.62 bits per heavy atom. The van der Waals surface area contributed by atoms with Crippen molar-refractivity contribution in [1.82, 2.24) is 0 Å². The molecule has 7 heteroatoms. The normalized spacial score (nSPS) is 16.0. The van der Waals surface area contributed by atoms with Gasteiger partial charge in [-0.1, -0.05) is 43.3 Å². The first-order chi connectivity index (χ1) is 17.8. The fourth-order valence-electron chi connectivity index (χ4n) is 4.97. The van der Waals surface area contributed by atoms with Crippen LogP contribution in [0.2, 0.25) is 0 Å². The molecule has 4 aromatic rings. The number of carbonyl (C=O) groups excluding carboxylic acids is 1. The predicted octanol–water partition coefficient (Wildman–Crippen LogP) is 6.37. The first kappa shape index (κ1) is 24.3. The molecular weight excluding hydrogens is 472 g/mol. The van der Waals surface area contributed by atoms with E-state index < -0.39 is 11.6 Å². The van der Waals surface area contributed by atoms with Gasteiger partial charge in [0.1, 0.15) is 23.6 Å². The average Bonchev–Trinajstić information content (AvgIpc) is 2.89. The van der Waals surface area contributed by atoms with Crippen LogP contribution in [0, 0.1) is 17.0 Å². The minimum absolute atomic E-state index is 0.0807. The Morgan fingerprint density at radius 1 is 0.892 bits per heavy atom. The highest BCUT2D eigenvalue weighted by Gasteiger charge is 2.31. The molecule has 0 aromatic heterocycles. The lowest BCUT2D eigenvalue weighted by Crippen LogP contribution is -2.20. The molecule has 0 radical (unpaired) electrons. The zero-order valence-electron chi connectivity index (χ0n) is 20.3. The molecule has 0 heterocycles. The summed E-state index contributed by atoms with van der Waals surface area (Å²) in [6.07, 6.45) is -0.349. The van der Waals surface area contributed by atoms with E-state index in [1.165, 1.54) is 12.1 Å². The van der Waals surface area contributed by atoms with Crippen molar-refractivity contribution in [2.45, 2.75) is 18.9 Å². The van der Waals surface area contributed by atoms with E-state index in [0.717, 1.165) is 28.3 Å². The Bertz CT molecular complexity index is 1550. The summed E-state index contributed by atoms with van der Waals surface area (Å²) in [5.41, 5.74) is 11.9. The molecule has 0 saturated carbocycles. The van der Waals surface area contributed by atoms with Crippen LogP contribution in [0.3, 0.4) is 0 Å². The van der Waals surface area contributed by atoms with Gasteiger partial charge in [0.25, 0.3) is 5.91 Å². The van der Waals surface area contributed by atoms with Gasteiger partial charge in [-0.2, -0.15) is 0 Å². The van der Waals surface area contributed by atoms with Gasteiger partial charge in [-0.05, 0) is 64.2 Å². The molecule has 1 amide bonds. The van der Waals surface area contributed by atoms with E-state index in [1.807, 2.05) is 37.3 Å². The Balaban J connectivity index is 1.51. The third-order valence-electron chi connectivity index (χ3n) is 6.84. The summed E-state index contributed by atoms with van der Waals surface area (Å²) >= 11 is 0. The molecule has 186 valence electrons. The number of anilines is 1. The summed E-state index contributed by atoms with van der Waals surface area (Å²) in [5, 5.41) is 10.5. The van der Waals surface area contributed by atoms with Gasteiger partial charge in [-0.25, -0.2) is 8.78 Å². The molecule has 0 bridgehead atoms. The minimum atomic E-state index is -0.625. The number of halogens is 2. The Hall–Kier alpha value is -4.36. The molecule has 2 atom stereocenters. The highest BCUT2D eigenvalue weighted by Crippen LogP contribution is 2.45. The summed E-state index contributed by atoms with van der Waals surface area (Å²) < 4.78 is 33.8. The number of methoxy groups -OCH3 is 1. The van der Waals surface area contributed by atoms with Crippen LogP contribution in [0.5, 0.6) is 0 Å². The van der Waals surface area contributed by atoms with Crippen molar-refractivity contribution in [3.8, 4) is 11.1 Å². The van der Waals surface area contributed by atoms with Gasteiger partial charge in [-0.3, -0.25) is 10.2 Å². The molecule has 0 saturated heterocycles. The number of amides is 1. The smallest absolute Gasteiger partial charge is 0.255 e. The van der Waals surface area contributed by atoms with Crippen LogP contribution in [0.25, 0.3) is 11.1 Å². The molecule has 0 aliphatic heterocycles. The highest BCUT2D eigenvalue weighted by atomic mass is 19.1. The third kappa shape index (κ3) is 4.49. The van der Waals surface area contributed by atoms with Crippen molar-refractivity contribution in [3.05, 3.63) is 124 Å². The SMILES string of the molecule is CO[C@@H]1c2ccc(C(=O)Nc3cccc(C(=N)N)c3)cc2[C@H](C)c2cc(-c3ccc(F)cc3F)ccc21. The number of rotatable bonds is 5. The van der Waals surface area contributed by atoms with Gasteiger partial charge in [0.2, 0.25) is 0 Å². The van der Waals surface area contributed by atoms with Crippen molar-refractivity contribution in [2.75, 3.05) is 12.4 Å². The first-order valence-corrected chi connectivity index (χ1v) is 11.8. The van der Waals surface area contributed by atoms with E-state index in [0.29, 0.717) is 27.9 Å². The second-order valence-electron chi connectivity index (χ2n) is 9.10. The number of ether oxygens (including phenoxy) is 1.